The second-order valence-electron chi connectivity index (χ2n) is 15.4. The van der Waals surface area contributed by atoms with E-state index in [1.165, 1.54) is 0 Å². The first-order valence-electron chi connectivity index (χ1n) is 16.5. The zero-order valence-corrected chi connectivity index (χ0v) is 27.8. The standard InChI is InChI=1S/C38H44O8/c1-19(2)9-10-24-32-28(25-17-36(8,44-32)13-12-23(25)20(3)4)31(41)29-30(40)26-15-22-16-27-35(6,7)46-37(34(22)42,14-11-21(5)43-18-39)38(26,27)45-33(24)29/h9,11,14-15,18,21-23,25,27,41H,3,10,12-13,16-17H2,1-2,4-8H3/b14-11+/t21?,22-,23?,25-,27?,36-,37?,38-/m1/s1. The van der Waals surface area contributed by atoms with Crippen LogP contribution in [0.4, 0.5) is 0 Å². The molecule has 2 saturated carbocycles. The van der Waals surface area contributed by atoms with Crippen molar-refractivity contribution in [3.8, 4) is 17.2 Å². The second kappa shape index (κ2) is 9.93. The van der Waals surface area contributed by atoms with E-state index < -0.39 is 34.4 Å². The van der Waals surface area contributed by atoms with Crippen molar-refractivity contribution in [1.29, 1.82) is 0 Å². The van der Waals surface area contributed by atoms with Crippen molar-refractivity contribution in [2.75, 3.05) is 0 Å². The van der Waals surface area contributed by atoms with Gasteiger partial charge in [0.15, 0.2) is 22.8 Å². The van der Waals surface area contributed by atoms with Crippen LogP contribution in [0, 0.1) is 17.8 Å². The lowest BCUT2D eigenvalue weighted by Crippen LogP contribution is -2.71. The molecule has 0 radical (unpaired) electrons. The fourth-order valence-corrected chi connectivity index (χ4v) is 9.52. The van der Waals surface area contributed by atoms with Crippen LogP contribution in [0.15, 0.2) is 47.6 Å². The van der Waals surface area contributed by atoms with Crippen molar-refractivity contribution in [2.24, 2.45) is 17.8 Å². The molecule has 3 aliphatic heterocycles. The number of hydrogen-bond donors (Lipinski definition) is 1. The number of benzene rings is 1. The van der Waals surface area contributed by atoms with Crippen LogP contribution < -0.4 is 9.47 Å². The third kappa shape index (κ3) is 3.91. The first-order chi connectivity index (χ1) is 21.6. The Morgan fingerprint density at radius 3 is 2.59 bits per heavy atom. The predicted molar refractivity (Wildman–Crippen MR) is 171 cm³/mol. The maximum atomic E-state index is 15.0. The van der Waals surface area contributed by atoms with Crippen LogP contribution in [-0.4, -0.2) is 51.7 Å². The fourth-order valence-electron chi connectivity index (χ4n) is 9.52. The molecule has 8 rings (SSSR count). The van der Waals surface area contributed by atoms with Gasteiger partial charge >= 0.3 is 0 Å². The van der Waals surface area contributed by atoms with Crippen molar-refractivity contribution >= 4 is 18.0 Å². The van der Waals surface area contributed by atoms with E-state index in [1.54, 1.807) is 25.2 Å². The van der Waals surface area contributed by atoms with Gasteiger partial charge in [0.25, 0.3) is 6.47 Å². The highest BCUT2D eigenvalue weighted by Crippen LogP contribution is 2.69. The van der Waals surface area contributed by atoms with E-state index in [-0.39, 0.29) is 46.4 Å². The Balaban J connectivity index is 1.52. The van der Waals surface area contributed by atoms with Gasteiger partial charge in [-0.05, 0) is 98.6 Å². The summed E-state index contributed by atoms with van der Waals surface area (Å²) in [6.07, 6.45) is 9.74. The molecule has 6 bridgehead atoms. The molecule has 0 aromatic heterocycles. The summed E-state index contributed by atoms with van der Waals surface area (Å²) in [5, 5.41) is 12.2. The summed E-state index contributed by atoms with van der Waals surface area (Å²) < 4.78 is 25.9. The Bertz CT molecular complexity index is 1690. The number of ether oxygens (including phenoxy) is 4. The highest BCUT2D eigenvalue weighted by Gasteiger charge is 2.81. The Kier molecular flexibility index (Phi) is 6.68. The van der Waals surface area contributed by atoms with Gasteiger partial charge in [0.1, 0.15) is 34.5 Å². The molecule has 8 nitrogen and oxygen atoms in total. The average Bonchev–Trinajstić information content (AvgIpc) is 3.12. The number of phenols is 1. The van der Waals surface area contributed by atoms with Gasteiger partial charge in [-0.1, -0.05) is 29.9 Å². The third-order valence-corrected chi connectivity index (χ3v) is 11.6. The molecule has 3 heterocycles. The van der Waals surface area contributed by atoms with Crippen LogP contribution >= 0.6 is 0 Å². The molecule has 4 aliphatic carbocycles. The number of Topliss-reactive ketones (excluding diaryl/α,β-unsaturated/α-hetero) is 2. The van der Waals surface area contributed by atoms with E-state index in [2.05, 4.69) is 19.6 Å². The molecule has 1 spiro atoms. The van der Waals surface area contributed by atoms with Crippen LogP contribution in [0.1, 0.15) is 102 Å². The minimum Gasteiger partial charge on any atom is -0.507 e. The van der Waals surface area contributed by atoms with Gasteiger partial charge in [-0.25, -0.2) is 0 Å². The van der Waals surface area contributed by atoms with Crippen molar-refractivity contribution in [2.45, 2.75) is 115 Å². The molecule has 3 fully saturated rings. The quantitative estimate of drug-likeness (QED) is 0.265. The van der Waals surface area contributed by atoms with Crippen LogP contribution in [0.25, 0.3) is 0 Å². The van der Waals surface area contributed by atoms with Crippen LogP contribution in [0.5, 0.6) is 17.2 Å². The maximum absolute atomic E-state index is 15.0. The third-order valence-electron chi connectivity index (χ3n) is 11.6. The summed E-state index contributed by atoms with van der Waals surface area (Å²) in [4.78, 5) is 40.4. The van der Waals surface area contributed by atoms with E-state index in [4.69, 9.17) is 18.9 Å². The summed E-state index contributed by atoms with van der Waals surface area (Å²) in [5.74, 6) is -0.685. The molecule has 0 amide bonds. The number of hydrogen-bond acceptors (Lipinski definition) is 8. The van der Waals surface area contributed by atoms with Gasteiger partial charge in [-0.3, -0.25) is 14.4 Å². The lowest BCUT2D eigenvalue weighted by molar-refractivity contribution is -0.160. The van der Waals surface area contributed by atoms with E-state index in [0.29, 0.717) is 48.2 Å². The normalized spacial score (nSPS) is 36.5. The van der Waals surface area contributed by atoms with Gasteiger partial charge in [-0.15, -0.1) is 0 Å². The van der Waals surface area contributed by atoms with Crippen molar-refractivity contribution in [3.05, 3.63) is 64.3 Å². The van der Waals surface area contributed by atoms with Crippen molar-refractivity contribution < 1.29 is 38.4 Å². The SMILES string of the molecule is C=C(C)C1CC[C@]2(C)C[C@H]1c1c(O)c3c(c(CC=C(C)C)c1O2)O[C@]12C(=C[C@@H]4CC1C(C)(C)OC2(/C=C/C(C)OC=O)C4=O)C3=O. The molecule has 7 aliphatic rings. The molecule has 8 heteroatoms. The largest absolute Gasteiger partial charge is 0.507 e. The van der Waals surface area contributed by atoms with Gasteiger partial charge in [0, 0.05) is 34.5 Å². The van der Waals surface area contributed by atoms with Gasteiger partial charge in [0.2, 0.25) is 0 Å². The number of fused-ring (bicyclic) bond motifs is 5. The Morgan fingerprint density at radius 2 is 1.91 bits per heavy atom. The molecule has 46 heavy (non-hydrogen) atoms. The molecule has 1 saturated heterocycles. The highest BCUT2D eigenvalue weighted by molar-refractivity contribution is 6.19. The van der Waals surface area contributed by atoms with Gasteiger partial charge in [-0.2, -0.15) is 0 Å². The average molecular weight is 629 g/mol. The number of carbonyl (C=O) groups excluding carboxylic acids is 3. The monoisotopic (exact) mass is 628 g/mol. The minimum atomic E-state index is -1.64. The first-order valence-corrected chi connectivity index (χ1v) is 16.5. The number of phenolic OH excluding ortho intramolecular Hbond substituents is 1. The van der Waals surface area contributed by atoms with Gasteiger partial charge < -0.3 is 24.1 Å². The zero-order chi connectivity index (χ0) is 33.1. The van der Waals surface area contributed by atoms with E-state index in [0.717, 1.165) is 24.0 Å². The summed E-state index contributed by atoms with van der Waals surface area (Å²) in [5.41, 5.74) is -0.480. The molecule has 8 atom stereocenters. The summed E-state index contributed by atoms with van der Waals surface area (Å²) in [6.45, 7) is 18.4. The van der Waals surface area contributed by atoms with Crippen LogP contribution in [-0.2, 0) is 25.5 Å². The summed E-state index contributed by atoms with van der Waals surface area (Å²) >= 11 is 0. The lowest BCUT2D eigenvalue weighted by Gasteiger charge is -2.56. The minimum absolute atomic E-state index is 0.0650. The smallest absolute Gasteiger partial charge is 0.293 e. The number of allylic oxidation sites excluding steroid dienone is 4. The molecule has 4 unspecified atom stereocenters. The van der Waals surface area contributed by atoms with Crippen LogP contribution in [0.3, 0.4) is 0 Å². The predicted octanol–water partition coefficient (Wildman–Crippen LogP) is 6.64. The maximum Gasteiger partial charge on any atom is 0.293 e. The topological polar surface area (TPSA) is 108 Å². The first kappa shape index (κ1) is 31.0. The Hall–Kier alpha value is -3.65. The van der Waals surface area contributed by atoms with Crippen molar-refractivity contribution in [1.82, 2.24) is 0 Å². The molecule has 1 N–H and O–H groups in total. The fraction of sp³-hybridized carbons (Fsp3) is 0.553. The Labute approximate surface area is 270 Å². The molecular weight excluding hydrogens is 584 g/mol. The number of rotatable bonds is 7. The zero-order valence-electron chi connectivity index (χ0n) is 27.8. The highest BCUT2D eigenvalue weighted by atomic mass is 16.6. The van der Waals surface area contributed by atoms with E-state index in [1.807, 2.05) is 34.6 Å². The molecule has 1 aromatic rings. The summed E-state index contributed by atoms with van der Waals surface area (Å²) in [6, 6.07) is 0. The lowest BCUT2D eigenvalue weighted by atomic mass is 9.51. The Morgan fingerprint density at radius 1 is 1.17 bits per heavy atom. The number of aromatic hydroxyl groups is 1. The number of ketones is 2. The van der Waals surface area contributed by atoms with E-state index in [9.17, 15) is 19.5 Å². The molecule has 1 aromatic carbocycles. The summed E-state index contributed by atoms with van der Waals surface area (Å²) in [7, 11) is 0. The van der Waals surface area contributed by atoms with Gasteiger partial charge in [0.05, 0.1) is 5.60 Å². The van der Waals surface area contributed by atoms with E-state index >= 15 is 0 Å². The number of carbonyl (C=O) groups is 3. The second-order valence-corrected chi connectivity index (χ2v) is 15.4. The molecular formula is C38H44O8. The van der Waals surface area contributed by atoms with Crippen LogP contribution in [0.2, 0.25) is 0 Å². The molecule has 244 valence electrons. The van der Waals surface area contributed by atoms with Crippen molar-refractivity contribution in [3.63, 3.8) is 0 Å².